The summed E-state index contributed by atoms with van der Waals surface area (Å²) >= 11 is 0. The van der Waals surface area contributed by atoms with E-state index in [0.29, 0.717) is 36.9 Å². The molecule has 0 fully saturated rings. The lowest BCUT2D eigenvalue weighted by Gasteiger charge is -2.23. The van der Waals surface area contributed by atoms with Crippen molar-refractivity contribution in [1.29, 1.82) is 0 Å². The Labute approximate surface area is 185 Å². The fourth-order valence-electron chi connectivity index (χ4n) is 3.72. The predicted octanol–water partition coefficient (Wildman–Crippen LogP) is 3.29. The zero-order chi connectivity index (χ0) is 22.3. The van der Waals surface area contributed by atoms with Crippen molar-refractivity contribution in [2.45, 2.75) is 19.9 Å². The van der Waals surface area contributed by atoms with Crippen molar-refractivity contribution in [2.75, 3.05) is 18.1 Å². The molecule has 4 heterocycles. The molecule has 10 heteroatoms. The van der Waals surface area contributed by atoms with Gasteiger partial charge in [-0.2, -0.15) is 4.31 Å². The van der Waals surface area contributed by atoms with E-state index >= 15 is 0 Å². The van der Waals surface area contributed by atoms with Crippen LogP contribution < -0.4 is 5.32 Å². The van der Waals surface area contributed by atoms with Crippen molar-refractivity contribution in [3.63, 3.8) is 0 Å². The summed E-state index contributed by atoms with van der Waals surface area (Å²) in [5, 5.41) is 3.23. The van der Waals surface area contributed by atoms with Crippen LogP contribution in [0.2, 0.25) is 0 Å². The fraction of sp³-hybridized carbons (Fsp3) is 0.227. The third-order valence-electron chi connectivity index (χ3n) is 5.43. The highest BCUT2D eigenvalue weighted by atomic mass is 32.2. The number of benzene rings is 1. The van der Waals surface area contributed by atoms with Crippen molar-refractivity contribution < 1.29 is 12.8 Å². The van der Waals surface area contributed by atoms with Gasteiger partial charge in [-0.1, -0.05) is 0 Å². The molecular formula is C22H22N6O3S. The number of aryl methyl sites for hydroxylation is 1. The quantitative estimate of drug-likeness (QED) is 0.497. The highest BCUT2D eigenvalue weighted by Gasteiger charge is 2.27. The molecular weight excluding hydrogens is 428 g/mol. The van der Waals surface area contributed by atoms with Gasteiger partial charge in [0.25, 0.3) is 0 Å². The number of furan rings is 1. The molecule has 1 aliphatic rings. The first kappa shape index (κ1) is 20.4. The number of nitrogens with zero attached hydrogens (tertiary/aromatic N) is 5. The Hall–Kier alpha value is -3.50. The van der Waals surface area contributed by atoms with Crippen molar-refractivity contribution in [3.05, 3.63) is 72.1 Å². The lowest BCUT2D eigenvalue weighted by molar-refractivity contribution is 0.366. The van der Waals surface area contributed by atoms with E-state index in [-0.39, 0.29) is 0 Å². The molecule has 9 nitrogen and oxygen atoms in total. The lowest BCUT2D eigenvalue weighted by atomic mass is 10.1. The van der Waals surface area contributed by atoms with Crippen LogP contribution in [0.4, 0.5) is 11.6 Å². The van der Waals surface area contributed by atoms with E-state index in [0.717, 1.165) is 28.3 Å². The molecule has 3 aromatic heterocycles. The molecule has 0 atom stereocenters. The Bertz CT molecular complexity index is 1360. The van der Waals surface area contributed by atoms with E-state index in [1.54, 1.807) is 18.7 Å². The number of imidazole rings is 1. The number of anilines is 2. The smallest absolute Gasteiger partial charge is 0.227 e. The minimum atomic E-state index is -3.24. The van der Waals surface area contributed by atoms with Gasteiger partial charge in [-0.05, 0) is 42.8 Å². The molecule has 32 heavy (non-hydrogen) atoms. The summed E-state index contributed by atoms with van der Waals surface area (Å²) in [4.78, 5) is 13.1. The third-order valence-corrected chi connectivity index (χ3v) is 6.68. The van der Waals surface area contributed by atoms with Gasteiger partial charge >= 0.3 is 0 Å². The Morgan fingerprint density at radius 2 is 2.00 bits per heavy atom. The average molecular weight is 451 g/mol. The topological polar surface area (TPSA) is 106 Å². The summed E-state index contributed by atoms with van der Waals surface area (Å²) in [7, 11) is -3.24. The number of fused-ring (bicyclic) bond motifs is 1. The summed E-state index contributed by atoms with van der Waals surface area (Å²) < 4.78 is 33.2. The molecule has 0 spiro atoms. The van der Waals surface area contributed by atoms with Crippen LogP contribution in [0.3, 0.4) is 0 Å². The second-order valence-electron chi connectivity index (χ2n) is 7.77. The lowest BCUT2D eigenvalue weighted by Crippen LogP contribution is -2.34. The Kier molecular flexibility index (Phi) is 5.03. The van der Waals surface area contributed by atoms with Gasteiger partial charge in [-0.25, -0.2) is 23.4 Å². The first-order valence-electron chi connectivity index (χ1n) is 10.1. The average Bonchev–Trinajstić information content (AvgIpc) is 3.44. The molecule has 1 aliphatic heterocycles. The molecule has 0 aliphatic carbocycles. The standard InChI is InChI=1S/C22H22N6O3S/c1-15-12-24-22(25-17-3-5-18(6-4-17)27-10-8-23-14-27)26-21(15)20-11-16-13-28(32(2,29)30)9-7-19(16)31-20/h3-6,8,10-12,14H,7,9,13H2,1-2H3,(H,24,25,26). The zero-order valence-electron chi connectivity index (χ0n) is 17.7. The Balaban J connectivity index is 1.39. The molecule has 1 aromatic carbocycles. The van der Waals surface area contributed by atoms with Crippen LogP contribution in [0.1, 0.15) is 16.9 Å². The summed E-state index contributed by atoms with van der Waals surface area (Å²) in [5.41, 5.74) is 4.28. The van der Waals surface area contributed by atoms with Gasteiger partial charge in [0, 0.05) is 55.0 Å². The molecule has 0 bridgehead atoms. The molecule has 5 rings (SSSR count). The van der Waals surface area contributed by atoms with Gasteiger partial charge in [0.1, 0.15) is 11.5 Å². The van der Waals surface area contributed by atoms with E-state index in [1.807, 2.05) is 48.0 Å². The van der Waals surface area contributed by atoms with E-state index in [4.69, 9.17) is 4.42 Å². The second-order valence-corrected chi connectivity index (χ2v) is 9.76. The summed E-state index contributed by atoms with van der Waals surface area (Å²) in [5.74, 6) is 1.87. The van der Waals surface area contributed by atoms with Crippen molar-refractivity contribution in [3.8, 4) is 17.1 Å². The molecule has 1 N–H and O–H groups in total. The molecule has 0 radical (unpaired) electrons. The van der Waals surface area contributed by atoms with Crippen LogP contribution in [0.5, 0.6) is 0 Å². The Morgan fingerprint density at radius 1 is 1.19 bits per heavy atom. The van der Waals surface area contributed by atoms with Gasteiger partial charge in [-0.3, -0.25) is 0 Å². The van der Waals surface area contributed by atoms with E-state index in [9.17, 15) is 8.42 Å². The van der Waals surface area contributed by atoms with E-state index in [2.05, 4.69) is 20.3 Å². The molecule has 0 amide bonds. The largest absolute Gasteiger partial charge is 0.459 e. The van der Waals surface area contributed by atoms with Crippen LogP contribution >= 0.6 is 0 Å². The van der Waals surface area contributed by atoms with Crippen LogP contribution in [-0.2, 0) is 23.0 Å². The number of nitrogens with one attached hydrogen (secondary N) is 1. The van der Waals surface area contributed by atoms with Gasteiger partial charge < -0.3 is 14.3 Å². The highest BCUT2D eigenvalue weighted by molar-refractivity contribution is 7.88. The maximum Gasteiger partial charge on any atom is 0.227 e. The monoisotopic (exact) mass is 450 g/mol. The minimum Gasteiger partial charge on any atom is -0.459 e. The first-order valence-corrected chi connectivity index (χ1v) is 12.0. The van der Waals surface area contributed by atoms with Gasteiger partial charge in [0.2, 0.25) is 16.0 Å². The SMILES string of the molecule is Cc1cnc(Nc2ccc(-n3ccnc3)cc2)nc1-c1cc2c(o1)CCN(S(C)(=O)=O)C2. The van der Waals surface area contributed by atoms with Crippen molar-refractivity contribution in [2.24, 2.45) is 0 Å². The predicted molar refractivity (Wildman–Crippen MR) is 120 cm³/mol. The first-order chi connectivity index (χ1) is 15.4. The molecule has 164 valence electrons. The molecule has 0 saturated carbocycles. The van der Waals surface area contributed by atoms with Gasteiger partial charge in [-0.15, -0.1) is 0 Å². The maximum absolute atomic E-state index is 11.9. The number of rotatable bonds is 5. The maximum atomic E-state index is 11.9. The van der Waals surface area contributed by atoms with Crippen LogP contribution in [0.15, 0.2) is 59.7 Å². The minimum absolute atomic E-state index is 0.316. The molecule has 0 unspecified atom stereocenters. The van der Waals surface area contributed by atoms with E-state index in [1.165, 1.54) is 10.6 Å². The molecule has 0 saturated heterocycles. The summed E-state index contributed by atoms with van der Waals surface area (Å²) in [6.07, 6.45) is 8.88. The summed E-state index contributed by atoms with van der Waals surface area (Å²) in [6.45, 7) is 2.66. The number of hydrogen-bond acceptors (Lipinski definition) is 7. The zero-order valence-corrected chi connectivity index (χ0v) is 18.5. The summed E-state index contributed by atoms with van der Waals surface area (Å²) in [6, 6.07) is 9.74. The van der Waals surface area contributed by atoms with E-state index < -0.39 is 10.0 Å². The van der Waals surface area contributed by atoms with Crippen LogP contribution in [-0.4, -0.2) is 45.0 Å². The van der Waals surface area contributed by atoms with Crippen molar-refractivity contribution in [1.82, 2.24) is 23.8 Å². The van der Waals surface area contributed by atoms with Gasteiger partial charge in [0.05, 0.1) is 12.6 Å². The van der Waals surface area contributed by atoms with Crippen molar-refractivity contribution >= 4 is 21.7 Å². The van der Waals surface area contributed by atoms with Gasteiger partial charge in [0.15, 0.2) is 5.76 Å². The number of sulfonamides is 1. The Morgan fingerprint density at radius 3 is 2.72 bits per heavy atom. The number of hydrogen-bond donors (Lipinski definition) is 1. The normalized spacial score (nSPS) is 14.3. The number of aromatic nitrogens is 4. The van der Waals surface area contributed by atoms with Crippen LogP contribution in [0, 0.1) is 6.92 Å². The highest BCUT2D eigenvalue weighted by Crippen LogP contribution is 2.31. The fourth-order valence-corrected chi connectivity index (χ4v) is 4.51. The second kappa shape index (κ2) is 7.88. The van der Waals surface area contributed by atoms with Crippen LogP contribution in [0.25, 0.3) is 17.1 Å². The third kappa shape index (κ3) is 4.02. The molecule has 4 aromatic rings.